The number of hydrogen-bond acceptors (Lipinski definition) is 4. The van der Waals surface area contributed by atoms with Crippen molar-refractivity contribution >= 4 is 5.69 Å². The molecule has 100 valence electrons. The van der Waals surface area contributed by atoms with Crippen LogP contribution >= 0.6 is 0 Å². The molecule has 0 aromatic heterocycles. The summed E-state index contributed by atoms with van der Waals surface area (Å²) in [4.78, 5) is 2.10. The van der Waals surface area contributed by atoms with E-state index in [1.807, 2.05) is 25.2 Å². The Morgan fingerprint density at radius 3 is 2.67 bits per heavy atom. The first kappa shape index (κ1) is 13.3. The average molecular weight is 250 g/mol. The number of rotatable bonds is 5. The predicted octanol–water partition coefficient (Wildman–Crippen LogP) is 1.00. The third kappa shape index (κ3) is 3.22. The number of aliphatic hydroxyl groups is 2. The van der Waals surface area contributed by atoms with Gasteiger partial charge in [-0.1, -0.05) is 18.2 Å². The van der Waals surface area contributed by atoms with Crippen LogP contribution < -0.4 is 5.73 Å². The zero-order chi connectivity index (χ0) is 13.1. The molecule has 0 spiro atoms. The van der Waals surface area contributed by atoms with Crippen LogP contribution in [0.1, 0.15) is 24.5 Å². The molecule has 1 fully saturated rings. The summed E-state index contributed by atoms with van der Waals surface area (Å²) < 4.78 is 0. The van der Waals surface area contributed by atoms with Gasteiger partial charge in [-0.05, 0) is 31.9 Å². The van der Waals surface area contributed by atoms with E-state index in [9.17, 15) is 10.2 Å². The first-order chi connectivity index (χ1) is 8.56. The van der Waals surface area contributed by atoms with Gasteiger partial charge in [-0.2, -0.15) is 0 Å². The van der Waals surface area contributed by atoms with E-state index in [0.29, 0.717) is 18.2 Å². The van der Waals surface area contributed by atoms with E-state index < -0.39 is 6.10 Å². The third-order valence-electron chi connectivity index (χ3n) is 3.62. The normalized spacial score (nSPS) is 24.9. The minimum absolute atomic E-state index is 0.113. The van der Waals surface area contributed by atoms with Gasteiger partial charge in [-0.15, -0.1) is 0 Å². The second-order valence-electron chi connectivity index (χ2n) is 5.36. The molecule has 0 amide bonds. The maximum Gasteiger partial charge on any atom is 0.0936 e. The number of nitrogens with zero attached hydrogens (tertiary/aromatic N) is 1. The number of benzene rings is 1. The molecular weight excluding hydrogens is 228 g/mol. The standard InChI is InChI=1S/C14H22N2O2/c1-16(8-10-6-11(17)7-10)9-14(18)12-4-2-3-5-13(12)15/h2-5,10-11,14,17-18H,6-9,15H2,1H3. The molecule has 0 bridgehead atoms. The van der Waals surface area contributed by atoms with E-state index >= 15 is 0 Å². The smallest absolute Gasteiger partial charge is 0.0936 e. The van der Waals surface area contributed by atoms with Crippen molar-refractivity contribution in [2.75, 3.05) is 25.9 Å². The summed E-state index contributed by atoms with van der Waals surface area (Å²) in [5.74, 6) is 0.560. The molecule has 0 heterocycles. The van der Waals surface area contributed by atoms with Crippen LogP contribution in [0.5, 0.6) is 0 Å². The molecule has 0 aliphatic heterocycles. The highest BCUT2D eigenvalue weighted by atomic mass is 16.3. The Hall–Kier alpha value is -1.10. The maximum atomic E-state index is 10.2. The van der Waals surface area contributed by atoms with Gasteiger partial charge in [0.05, 0.1) is 12.2 Å². The lowest BCUT2D eigenvalue weighted by molar-refractivity contribution is 0.0210. The minimum Gasteiger partial charge on any atom is -0.398 e. The number of aliphatic hydroxyl groups excluding tert-OH is 2. The molecule has 1 aromatic carbocycles. The Morgan fingerprint density at radius 1 is 1.39 bits per heavy atom. The van der Waals surface area contributed by atoms with Crippen LogP contribution in [0, 0.1) is 5.92 Å². The number of nitrogens with two attached hydrogens (primary N) is 1. The van der Waals surface area contributed by atoms with E-state index in [1.54, 1.807) is 6.07 Å². The van der Waals surface area contributed by atoms with Crippen molar-refractivity contribution in [3.63, 3.8) is 0 Å². The van der Waals surface area contributed by atoms with E-state index in [0.717, 1.165) is 24.9 Å². The lowest BCUT2D eigenvalue weighted by Crippen LogP contribution is -2.38. The fraction of sp³-hybridized carbons (Fsp3) is 0.571. The second kappa shape index (κ2) is 5.69. The van der Waals surface area contributed by atoms with Crippen LogP contribution in [0.25, 0.3) is 0 Å². The number of anilines is 1. The highest BCUT2D eigenvalue weighted by Gasteiger charge is 2.28. The van der Waals surface area contributed by atoms with Crippen LogP contribution in [-0.4, -0.2) is 41.4 Å². The molecule has 0 saturated heterocycles. The van der Waals surface area contributed by atoms with Gasteiger partial charge in [-0.3, -0.25) is 0 Å². The molecule has 4 heteroatoms. The number of nitrogen functional groups attached to an aromatic ring is 1. The second-order valence-corrected chi connectivity index (χ2v) is 5.36. The fourth-order valence-corrected chi connectivity index (χ4v) is 2.57. The van der Waals surface area contributed by atoms with E-state index in [-0.39, 0.29) is 6.10 Å². The van der Waals surface area contributed by atoms with Gasteiger partial charge in [-0.25, -0.2) is 0 Å². The summed E-state index contributed by atoms with van der Waals surface area (Å²) in [5, 5.41) is 19.4. The highest BCUT2D eigenvalue weighted by molar-refractivity contribution is 5.47. The van der Waals surface area contributed by atoms with Gasteiger partial charge < -0.3 is 20.8 Å². The largest absolute Gasteiger partial charge is 0.398 e. The fourth-order valence-electron chi connectivity index (χ4n) is 2.57. The maximum absolute atomic E-state index is 10.2. The minimum atomic E-state index is -0.554. The molecule has 1 aromatic rings. The lowest BCUT2D eigenvalue weighted by Gasteiger charge is -2.35. The van der Waals surface area contributed by atoms with Gasteiger partial charge in [0.1, 0.15) is 0 Å². The highest BCUT2D eigenvalue weighted by Crippen LogP contribution is 2.28. The summed E-state index contributed by atoms with van der Waals surface area (Å²) in [6.45, 7) is 1.49. The summed E-state index contributed by atoms with van der Waals surface area (Å²) in [7, 11) is 1.99. The van der Waals surface area contributed by atoms with Gasteiger partial charge in [0.25, 0.3) is 0 Å². The van der Waals surface area contributed by atoms with Gasteiger partial charge in [0, 0.05) is 24.3 Å². The van der Waals surface area contributed by atoms with Crippen molar-refractivity contribution < 1.29 is 10.2 Å². The van der Waals surface area contributed by atoms with Crippen molar-refractivity contribution in [2.45, 2.75) is 25.0 Å². The Bertz CT molecular complexity index is 391. The molecule has 2 rings (SSSR count). The molecule has 1 saturated carbocycles. The topological polar surface area (TPSA) is 69.7 Å². The van der Waals surface area contributed by atoms with Crippen LogP contribution in [0.15, 0.2) is 24.3 Å². The number of para-hydroxylation sites is 1. The van der Waals surface area contributed by atoms with Crippen LogP contribution in [-0.2, 0) is 0 Å². The zero-order valence-electron chi connectivity index (χ0n) is 10.8. The summed E-state index contributed by atoms with van der Waals surface area (Å²) in [5.41, 5.74) is 7.27. The van der Waals surface area contributed by atoms with Crippen LogP contribution in [0.2, 0.25) is 0 Å². The van der Waals surface area contributed by atoms with Gasteiger partial charge in [0.2, 0.25) is 0 Å². The van der Waals surface area contributed by atoms with E-state index in [2.05, 4.69) is 4.90 Å². The lowest BCUT2D eigenvalue weighted by atomic mass is 9.82. The predicted molar refractivity (Wildman–Crippen MR) is 72.0 cm³/mol. The Morgan fingerprint density at radius 2 is 2.06 bits per heavy atom. The van der Waals surface area contributed by atoms with Crippen molar-refractivity contribution in [1.82, 2.24) is 4.90 Å². The van der Waals surface area contributed by atoms with Gasteiger partial charge >= 0.3 is 0 Å². The summed E-state index contributed by atoms with van der Waals surface area (Å²) >= 11 is 0. The van der Waals surface area contributed by atoms with Crippen molar-refractivity contribution in [3.8, 4) is 0 Å². The van der Waals surface area contributed by atoms with Crippen molar-refractivity contribution in [3.05, 3.63) is 29.8 Å². The van der Waals surface area contributed by atoms with Crippen LogP contribution in [0.3, 0.4) is 0 Å². The van der Waals surface area contributed by atoms with E-state index in [1.165, 1.54) is 0 Å². The molecule has 1 atom stereocenters. The Labute approximate surface area is 108 Å². The number of hydrogen-bond donors (Lipinski definition) is 3. The third-order valence-corrected chi connectivity index (χ3v) is 3.62. The molecule has 1 unspecified atom stereocenters. The summed E-state index contributed by atoms with van der Waals surface area (Å²) in [6.07, 6.45) is 1.10. The SMILES string of the molecule is CN(CC1CC(O)C1)CC(O)c1ccccc1N. The first-order valence-corrected chi connectivity index (χ1v) is 6.45. The zero-order valence-corrected chi connectivity index (χ0v) is 10.8. The first-order valence-electron chi connectivity index (χ1n) is 6.45. The van der Waals surface area contributed by atoms with E-state index in [4.69, 9.17) is 5.73 Å². The average Bonchev–Trinajstić information content (AvgIpc) is 2.27. The molecular formula is C14H22N2O2. The number of likely N-dealkylation sites (N-methyl/N-ethyl adjacent to an activating group) is 1. The monoisotopic (exact) mass is 250 g/mol. The molecule has 4 N–H and O–H groups in total. The molecule has 1 aliphatic carbocycles. The van der Waals surface area contributed by atoms with Crippen LogP contribution in [0.4, 0.5) is 5.69 Å². The molecule has 18 heavy (non-hydrogen) atoms. The molecule has 1 aliphatic rings. The van der Waals surface area contributed by atoms with Crippen molar-refractivity contribution in [1.29, 1.82) is 0 Å². The summed E-state index contributed by atoms with van der Waals surface area (Å²) in [6, 6.07) is 7.42. The van der Waals surface area contributed by atoms with Crippen molar-refractivity contribution in [2.24, 2.45) is 5.92 Å². The Kier molecular flexibility index (Phi) is 4.22. The molecule has 4 nitrogen and oxygen atoms in total. The Balaban J connectivity index is 1.83. The quantitative estimate of drug-likeness (QED) is 0.682. The molecule has 0 radical (unpaired) electrons. The van der Waals surface area contributed by atoms with Gasteiger partial charge in [0.15, 0.2) is 0 Å².